The molecule has 1 N–H and O–H groups in total. The molecule has 4 heteroatoms. The molecule has 1 aromatic carbocycles. The third-order valence-corrected chi connectivity index (χ3v) is 2.18. The van der Waals surface area contributed by atoms with E-state index in [2.05, 4.69) is 10.2 Å². The van der Waals surface area contributed by atoms with E-state index in [4.69, 9.17) is 11.6 Å². The highest BCUT2D eigenvalue weighted by Gasteiger charge is 2.06. The Bertz CT molecular complexity index is 507. The van der Waals surface area contributed by atoms with Gasteiger partial charge in [-0.25, -0.2) is 0 Å². The molecule has 14 heavy (non-hydrogen) atoms. The Hall–Kier alpha value is -1.61. The molecule has 0 aliphatic rings. The molecule has 0 saturated heterocycles. The second-order valence-corrected chi connectivity index (χ2v) is 3.17. The largest absolute Gasteiger partial charge is 0.287 e. The summed E-state index contributed by atoms with van der Waals surface area (Å²) in [6, 6.07) is 8.54. The number of nitrogens with one attached hydrogen (secondary N) is 1. The maximum Gasteiger partial charge on any atom is 0.208 e. The number of nitrogens with zero attached hydrogens (tertiary/aromatic N) is 1. The molecule has 0 aliphatic heterocycles. The van der Waals surface area contributed by atoms with E-state index in [1.807, 2.05) is 12.1 Å². The molecule has 1 aromatic heterocycles. The number of aromatic amines is 1. The van der Waals surface area contributed by atoms with Crippen molar-refractivity contribution in [1.29, 1.82) is 0 Å². The van der Waals surface area contributed by atoms with Crippen LogP contribution in [0.25, 0.3) is 11.3 Å². The van der Waals surface area contributed by atoms with Crippen LogP contribution >= 0.6 is 11.6 Å². The maximum atomic E-state index is 11.4. The van der Waals surface area contributed by atoms with Crippen LogP contribution in [0.4, 0.5) is 0 Å². The van der Waals surface area contributed by atoms with Gasteiger partial charge in [0, 0.05) is 17.8 Å². The second kappa shape index (κ2) is 3.64. The van der Waals surface area contributed by atoms with Gasteiger partial charge in [0.05, 0.1) is 5.02 Å². The average Bonchev–Trinajstić information content (AvgIpc) is 2.20. The first-order valence-corrected chi connectivity index (χ1v) is 4.46. The van der Waals surface area contributed by atoms with Gasteiger partial charge in [0.1, 0.15) is 5.69 Å². The van der Waals surface area contributed by atoms with Crippen LogP contribution in [0.15, 0.2) is 41.3 Å². The van der Waals surface area contributed by atoms with E-state index in [9.17, 15) is 4.79 Å². The zero-order valence-corrected chi connectivity index (χ0v) is 7.95. The van der Waals surface area contributed by atoms with E-state index < -0.39 is 0 Å². The van der Waals surface area contributed by atoms with Crippen molar-refractivity contribution in [2.45, 2.75) is 0 Å². The van der Waals surface area contributed by atoms with Crippen LogP contribution in [0.3, 0.4) is 0 Å². The molecule has 0 spiro atoms. The van der Waals surface area contributed by atoms with Gasteiger partial charge in [0.25, 0.3) is 0 Å². The van der Waals surface area contributed by atoms with E-state index in [-0.39, 0.29) is 5.43 Å². The summed E-state index contributed by atoms with van der Waals surface area (Å²) in [5, 5.41) is 7.03. The van der Waals surface area contributed by atoms with Gasteiger partial charge in [-0.15, -0.1) is 0 Å². The Labute approximate surface area is 85.4 Å². The summed E-state index contributed by atoms with van der Waals surface area (Å²) in [6.45, 7) is 0. The van der Waals surface area contributed by atoms with Crippen LogP contribution in [0.5, 0.6) is 0 Å². The number of hydrogen-bond donors (Lipinski definition) is 1. The normalized spacial score (nSPS) is 10.1. The Balaban J connectivity index is 2.67. The molecule has 0 saturated carbocycles. The van der Waals surface area contributed by atoms with Gasteiger partial charge in [-0.1, -0.05) is 29.8 Å². The van der Waals surface area contributed by atoms with Crippen molar-refractivity contribution in [2.75, 3.05) is 0 Å². The lowest BCUT2D eigenvalue weighted by atomic mass is 10.1. The fraction of sp³-hybridized carbons (Fsp3) is 0. The summed E-state index contributed by atoms with van der Waals surface area (Å²) in [6.07, 6.45) is 1.49. The van der Waals surface area contributed by atoms with E-state index in [0.717, 1.165) is 0 Å². The van der Waals surface area contributed by atoms with E-state index >= 15 is 0 Å². The van der Waals surface area contributed by atoms with Crippen LogP contribution in [-0.2, 0) is 0 Å². The third kappa shape index (κ3) is 1.54. The number of halogens is 1. The van der Waals surface area contributed by atoms with Gasteiger partial charge < -0.3 is 0 Å². The zero-order chi connectivity index (χ0) is 9.97. The van der Waals surface area contributed by atoms with Crippen molar-refractivity contribution in [3.05, 3.63) is 51.8 Å². The Morgan fingerprint density at radius 2 is 2.00 bits per heavy atom. The number of benzene rings is 1. The number of hydrogen-bond acceptors (Lipinski definition) is 2. The summed E-state index contributed by atoms with van der Waals surface area (Å²) in [5.41, 5.74) is 0.853. The van der Waals surface area contributed by atoms with Gasteiger partial charge in [0.2, 0.25) is 5.43 Å². The van der Waals surface area contributed by atoms with Crippen molar-refractivity contribution >= 4 is 11.6 Å². The fourth-order valence-corrected chi connectivity index (χ4v) is 1.42. The van der Waals surface area contributed by atoms with Crippen molar-refractivity contribution < 1.29 is 0 Å². The summed E-state index contributed by atoms with van der Waals surface area (Å²) >= 11 is 5.94. The Morgan fingerprint density at radius 1 is 1.21 bits per heavy atom. The Kier molecular flexibility index (Phi) is 2.33. The first-order chi connectivity index (χ1) is 6.79. The smallest absolute Gasteiger partial charge is 0.208 e. The molecule has 0 aliphatic carbocycles. The minimum Gasteiger partial charge on any atom is -0.287 e. The molecular weight excluding hydrogens is 200 g/mol. The van der Waals surface area contributed by atoms with Crippen LogP contribution in [0.2, 0.25) is 5.02 Å². The van der Waals surface area contributed by atoms with Crippen LogP contribution in [0.1, 0.15) is 0 Å². The van der Waals surface area contributed by atoms with Crippen LogP contribution in [-0.4, -0.2) is 10.2 Å². The van der Waals surface area contributed by atoms with Crippen LogP contribution in [0, 0.1) is 0 Å². The van der Waals surface area contributed by atoms with Crippen molar-refractivity contribution in [1.82, 2.24) is 10.2 Å². The molecule has 2 aromatic rings. The van der Waals surface area contributed by atoms with Gasteiger partial charge in [0.15, 0.2) is 0 Å². The number of H-pyrrole nitrogens is 1. The highest BCUT2D eigenvalue weighted by atomic mass is 35.5. The van der Waals surface area contributed by atoms with Crippen molar-refractivity contribution in [2.24, 2.45) is 0 Å². The summed E-state index contributed by atoms with van der Waals surface area (Å²) < 4.78 is 0. The van der Waals surface area contributed by atoms with E-state index in [0.29, 0.717) is 16.3 Å². The third-order valence-electron chi connectivity index (χ3n) is 1.85. The van der Waals surface area contributed by atoms with Crippen LogP contribution < -0.4 is 5.43 Å². The van der Waals surface area contributed by atoms with E-state index in [1.54, 1.807) is 12.1 Å². The molecule has 2 rings (SSSR count). The summed E-state index contributed by atoms with van der Waals surface area (Å²) in [5.74, 6) is 0. The monoisotopic (exact) mass is 206 g/mol. The molecule has 0 radical (unpaired) electrons. The minimum absolute atomic E-state index is 0.142. The van der Waals surface area contributed by atoms with Crippen molar-refractivity contribution in [3.8, 4) is 11.3 Å². The molecule has 0 unspecified atom stereocenters. The molecule has 0 bridgehead atoms. The highest BCUT2D eigenvalue weighted by molar-refractivity contribution is 6.33. The first-order valence-electron chi connectivity index (χ1n) is 4.08. The van der Waals surface area contributed by atoms with Gasteiger partial charge >= 0.3 is 0 Å². The predicted molar refractivity (Wildman–Crippen MR) is 55.3 cm³/mol. The SMILES string of the molecule is O=c1cc[nH]nc1-c1ccccc1Cl. The minimum atomic E-state index is -0.142. The van der Waals surface area contributed by atoms with Gasteiger partial charge in [-0.3, -0.25) is 9.89 Å². The molecule has 0 fully saturated rings. The molecule has 3 nitrogen and oxygen atoms in total. The second-order valence-electron chi connectivity index (χ2n) is 2.77. The lowest BCUT2D eigenvalue weighted by Gasteiger charge is -2.00. The van der Waals surface area contributed by atoms with Gasteiger partial charge in [-0.05, 0) is 6.07 Å². The zero-order valence-electron chi connectivity index (χ0n) is 7.20. The molecule has 1 heterocycles. The lowest BCUT2D eigenvalue weighted by Crippen LogP contribution is -2.06. The number of aromatic nitrogens is 2. The number of rotatable bonds is 1. The molecule has 0 atom stereocenters. The average molecular weight is 207 g/mol. The lowest BCUT2D eigenvalue weighted by molar-refractivity contribution is 1.03. The molecular formula is C10H7ClN2O. The molecule has 0 amide bonds. The predicted octanol–water partition coefficient (Wildman–Crippen LogP) is 2.09. The van der Waals surface area contributed by atoms with E-state index in [1.165, 1.54) is 12.3 Å². The topological polar surface area (TPSA) is 45.8 Å². The quantitative estimate of drug-likeness (QED) is 0.777. The summed E-state index contributed by atoms with van der Waals surface area (Å²) in [4.78, 5) is 11.4. The summed E-state index contributed by atoms with van der Waals surface area (Å²) in [7, 11) is 0. The standard InChI is InChI=1S/C10H7ClN2O/c11-8-4-2-1-3-7(8)10-9(14)5-6-12-13-10/h1-6H,(H,12,14). The maximum absolute atomic E-state index is 11.4. The fourth-order valence-electron chi connectivity index (χ4n) is 1.20. The van der Waals surface area contributed by atoms with Gasteiger partial charge in [-0.2, -0.15) is 5.10 Å². The van der Waals surface area contributed by atoms with Crippen molar-refractivity contribution in [3.63, 3.8) is 0 Å². The molecule has 70 valence electrons. The Morgan fingerprint density at radius 3 is 2.71 bits per heavy atom. The first kappa shape index (κ1) is 8.97. The highest BCUT2D eigenvalue weighted by Crippen LogP contribution is 2.22.